The molecular weight excluding hydrogens is 272 g/mol. The number of hydrogen-bond acceptors (Lipinski definition) is 0. The molecule has 0 N–H and O–H groups in total. The van der Waals surface area contributed by atoms with Crippen molar-refractivity contribution < 1.29 is 0 Å². The number of unbranched alkanes of at least 4 members (excludes halogenated alkanes) is 6. The van der Waals surface area contributed by atoms with Gasteiger partial charge in [-0.25, -0.2) is 0 Å². The van der Waals surface area contributed by atoms with E-state index in [9.17, 15) is 0 Å². The monoisotopic (exact) mass is 294 g/mol. The van der Waals surface area contributed by atoms with Crippen LogP contribution in [-0.2, 0) is 6.42 Å². The van der Waals surface area contributed by atoms with Gasteiger partial charge in [0.25, 0.3) is 0 Å². The molecule has 0 unspecified atom stereocenters. The van der Waals surface area contributed by atoms with Crippen LogP contribution in [0.15, 0.2) is 41.4 Å². The Labute approximate surface area is 114 Å². The molecule has 1 aromatic carbocycles. The Morgan fingerprint density at radius 1 is 0.941 bits per heavy atom. The van der Waals surface area contributed by atoms with E-state index in [1.54, 1.807) is 0 Å². The largest absolute Gasteiger partial charge is 0.103 e. The van der Waals surface area contributed by atoms with Gasteiger partial charge in [0.2, 0.25) is 0 Å². The van der Waals surface area contributed by atoms with Crippen LogP contribution in [0.3, 0.4) is 0 Å². The second-order valence-corrected chi connectivity index (χ2v) is 5.39. The van der Waals surface area contributed by atoms with Crippen LogP contribution in [0.25, 0.3) is 0 Å². The molecule has 0 aliphatic heterocycles. The Bertz CT molecular complexity index is 317. The van der Waals surface area contributed by atoms with E-state index in [1.165, 1.54) is 61.4 Å². The maximum absolute atomic E-state index is 3.75. The lowest BCUT2D eigenvalue weighted by molar-refractivity contribution is 0.596. The highest BCUT2D eigenvalue weighted by molar-refractivity contribution is 9.10. The molecule has 0 radical (unpaired) electrons. The Hall–Kier alpha value is -0.560. The lowest BCUT2D eigenvalue weighted by Gasteiger charge is -2.04. The zero-order chi connectivity index (χ0) is 12.3. The molecule has 17 heavy (non-hydrogen) atoms. The molecule has 0 aromatic heterocycles. The van der Waals surface area contributed by atoms with Crippen molar-refractivity contribution >= 4 is 15.9 Å². The fraction of sp³-hybridized carbons (Fsp3) is 0.500. The summed E-state index contributed by atoms with van der Waals surface area (Å²) in [5.41, 5.74) is 1.44. The van der Waals surface area contributed by atoms with Crippen LogP contribution < -0.4 is 0 Å². The van der Waals surface area contributed by atoms with Gasteiger partial charge in [0.05, 0.1) is 0 Å². The van der Waals surface area contributed by atoms with E-state index in [4.69, 9.17) is 0 Å². The Balaban J connectivity index is 2.01. The fourth-order valence-electron chi connectivity index (χ4n) is 2.01. The first-order chi connectivity index (χ1) is 8.34. The molecule has 0 saturated heterocycles. The topological polar surface area (TPSA) is 0 Å². The minimum Gasteiger partial charge on any atom is -0.103 e. The first-order valence-corrected chi connectivity index (χ1v) is 7.48. The van der Waals surface area contributed by atoms with Gasteiger partial charge in [0.1, 0.15) is 0 Å². The summed E-state index contributed by atoms with van der Waals surface area (Å²) < 4.78 is 1.26. The first kappa shape index (κ1) is 14.5. The average molecular weight is 295 g/mol. The van der Waals surface area contributed by atoms with E-state index in [0.717, 1.165) is 0 Å². The van der Waals surface area contributed by atoms with E-state index < -0.39 is 0 Å². The van der Waals surface area contributed by atoms with Gasteiger partial charge in [0.15, 0.2) is 0 Å². The summed E-state index contributed by atoms with van der Waals surface area (Å²) in [7, 11) is 0. The molecule has 0 nitrogen and oxygen atoms in total. The molecule has 0 bridgehead atoms. The molecule has 1 heteroatoms. The zero-order valence-electron chi connectivity index (χ0n) is 10.6. The standard InChI is InChI=1S/C16H23Br/c1-2-3-4-5-6-7-8-9-12-15-13-10-11-14-16(15)17/h2,10-11,13-14H,1,3-9,12H2. The second-order valence-electron chi connectivity index (χ2n) is 4.54. The van der Waals surface area contributed by atoms with Crippen molar-refractivity contribution in [2.75, 3.05) is 0 Å². The van der Waals surface area contributed by atoms with E-state index in [2.05, 4.69) is 46.8 Å². The maximum atomic E-state index is 3.75. The Morgan fingerprint density at radius 3 is 2.29 bits per heavy atom. The van der Waals surface area contributed by atoms with Crippen LogP contribution in [0.1, 0.15) is 50.5 Å². The van der Waals surface area contributed by atoms with Crippen LogP contribution in [0.5, 0.6) is 0 Å². The highest BCUT2D eigenvalue weighted by Gasteiger charge is 1.98. The maximum Gasteiger partial charge on any atom is 0.0207 e. The molecule has 1 rings (SSSR count). The van der Waals surface area contributed by atoms with Crippen molar-refractivity contribution in [2.45, 2.75) is 51.4 Å². The van der Waals surface area contributed by atoms with Gasteiger partial charge in [0, 0.05) is 4.47 Å². The number of rotatable bonds is 9. The summed E-state index contributed by atoms with van der Waals surface area (Å²) in [4.78, 5) is 0. The summed E-state index contributed by atoms with van der Waals surface area (Å²) in [5.74, 6) is 0. The third-order valence-corrected chi connectivity index (χ3v) is 3.84. The molecule has 0 fully saturated rings. The molecule has 0 spiro atoms. The summed E-state index contributed by atoms with van der Waals surface area (Å²) in [6.07, 6.45) is 12.5. The highest BCUT2D eigenvalue weighted by Crippen LogP contribution is 2.18. The number of hydrogen-bond donors (Lipinski definition) is 0. The van der Waals surface area contributed by atoms with Crippen LogP contribution in [0, 0.1) is 0 Å². The van der Waals surface area contributed by atoms with Crippen molar-refractivity contribution in [1.82, 2.24) is 0 Å². The normalized spacial score (nSPS) is 10.4. The summed E-state index contributed by atoms with van der Waals surface area (Å²) >= 11 is 3.60. The molecule has 0 atom stereocenters. The van der Waals surface area contributed by atoms with Gasteiger partial charge in [-0.05, 0) is 37.3 Å². The predicted octanol–water partition coefficient (Wildman–Crippen LogP) is 5.91. The average Bonchev–Trinajstić information content (AvgIpc) is 2.35. The third-order valence-electron chi connectivity index (χ3n) is 3.06. The van der Waals surface area contributed by atoms with Crippen LogP contribution in [0.4, 0.5) is 0 Å². The van der Waals surface area contributed by atoms with Crippen molar-refractivity contribution in [3.05, 3.63) is 47.0 Å². The van der Waals surface area contributed by atoms with Gasteiger partial charge < -0.3 is 0 Å². The van der Waals surface area contributed by atoms with Crippen molar-refractivity contribution in [1.29, 1.82) is 0 Å². The highest BCUT2D eigenvalue weighted by atomic mass is 79.9. The number of allylic oxidation sites excluding steroid dienone is 1. The molecule has 0 aliphatic rings. The summed E-state index contributed by atoms with van der Waals surface area (Å²) in [5, 5.41) is 0. The minimum absolute atomic E-state index is 1.18. The Morgan fingerprint density at radius 2 is 1.59 bits per heavy atom. The molecule has 94 valence electrons. The number of benzene rings is 1. The first-order valence-electron chi connectivity index (χ1n) is 6.69. The lowest BCUT2D eigenvalue weighted by Crippen LogP contribution is -1.87. The number of aryl methyl sites for hydroxylation is 1. The van der Waals surface area contributed by atoms with Gasteiger partial charge in [-0.15, -0.1) is 6.58 Å². The molecule has 0 heterocycles. The zero-order valence-corrected chi connectivity index (χ0v) is 12.2. The van der Waals surface area contributed by atoms with Crippen molar-refractivity contribution in [2.24, 2.45) is 0 Å². The van der Waals surface area contributed by atoms with E-state index >= 15 is 0 Å². The SMILES string of the molecule is C=CCCCCCCCCc1ccccc1Br. The molecule has 1 aromatic rings. The van der Waals surface area contributed by atoms with Crippen molar-refractivity contribution in [3.63, 3.8) is 0 Å². The third kappa shape index (κ3) is 6.68. The van der Waals surface area contributed by atoms with E-state index in [-0.39, 0.29) is 0 Å². The van der Waals surface area contributed by atoms with Crippen LogP contribution in [-0.4, -0.2) is 0 Å². The molecule has 0 saturated carbocycles. The van der Waals surface area contributed by atoms with E-state index in [0.29, 0.717) is 0 Å². The number of halogens is 1. The van der Waals surface area contributed by atoms with Gasteiger partial charge in [-0.1, -0.05) is 65.9 Å². The fourth-order valence-corrected chi connectivity index (χ4v) is 2.50. The Kier molecular flexibility index (Phi) is 8.08. The molecule has 0 amide bonds. The minimum atomic E-state index is 1.18. The van der Waals surface area contributed by atoms with Gasteiger partial charge >= 0.3 is 0 Å². The van der Waals surface area contributed by atoms with Crippen molar-refractivity contribution in [3.8, 4) is 0 Å². The van der Waals surface area contributed by atoms with Crippen LogP contribution in [0.2, 0.25) is 0 Å². The molecule has 0 aliphatic carbocycles. The van der Waals surface area contributed by atoms with E-state index in [1.807, 2.05) is 6.08 Å². The van der Waals surface area contributed by atoms with Gasteiger partial charge in [-0.2, -0.15) is 0 Å². The van der Waals surface area contributed by atoms with Gasteiger partial charge in [-0.3, -0.25) is 0 Å². The molecular formula is C16H23Br. The predicted molar refractivity (Wildman–Crippen MR) is 80.4 cm³/mol. The quantitative estimate of drug-likeness (QED) is 0.392. The smallest absolute Gasteiger partial charge is 0.0207 e. The second kappa shape index (κ2) is 9.47. The lowest BCUT2D eigenvalue weighted by atomic mass is 10.0. The van der Waals surface area contributed by atoms with Crippen LogP contribution >= 0.6 is 15.9 Å². The summed E-state index contributed by atoms with van der Waals surface area (Å²) in [6.45, 7) is 3.75. The summed E-state index contributed by atoms with van der Waals surface area (Å²) in [6, 6.07) is 8.54.